The molecule has 3 nitrogen and oxygen atoms in total. The molecular weight excluding hydrogens is 290 g/mol. The molecule has 0 amide bonds. The van der Waals surface area contributed by atoms with Gasteiger partial charge >= 0.3 is 0 Å². The summed E-state index contributed by atoms with van der Waals surface area (Å²) < 4.78 is 3.12. The molecule has 4 heteroatoms. The van der Waals surface area contributed by atoms with Crippen LogP contribution in [-0.2, 0) is 13.1 Å². The Labute approximate surface area is 116 Å². The lowest BCUT2D eigenvalue weighted by molar-refractivity contribution is 0.627. The molecule has 18 heavy (non-hydrogen) atoms. The van der Waals surface area contributed by atoms with Gasteiger partial charge in [0.2, 0.25) is 0 Å². The quantitative estimate of drug-likeness (QED) is 0.928. The van der Waals surface area contributed by atoms with Gasteiger partial charge in [0.15, 0.2) is 0 Å². The first-order valence-electron chi connectivity index (χ1n) is 6.13. The molecule has 0 aliphatic carbocycles. The molecule has 96 valence electrons. The fourth-order valence-corrected chi connectivity index (χ4v) is 2.93. The maximum atomic E-state index is 4.27. The van der Waals surface area contributed by atoms with Crippen LogP contribution in [0.2, 0.25) is 0 Å². The minimum Gasteiger partial charge on any atom is -0.378 e. The van der Waals surface area contributed by atoms with Crippen molar-refractivity contribution in [1.29, 1.82) is 0 Å². The number of rotatable bonds is 4. The maximum Gasteiger partial charge on any atom is 0.0575 e. The molecule has 0 radical (unpaired) electrons. The van der Waals surface area contributed by atoms with E-state index in [-0.39, 0.29) is 0 Å². The van der Waals surface area contributed by atoms with E-state index in [2.05, 4.69) is 59.2 Å². The summed E-state index contributed by atoms with van der Waals surface area (Å²) in [5.41, 5.74) is 4.88. The number of nitrogens with zero attached hydrogens (tertiary/aromatic N) is 2. The van der Waals surface area contributed by atoms with Crippen LogP contribution in [0.5, 0.6) is 0 Å². The Bertz CT molecular complexity index is 523. The van der Waals surface area contributed by atoms with Crippen LogP contribution in [0.4, 0.5) is 5.69 Å². The third kappa shape index (κ3) is 2.75. The van der Waals surface area contributed by atoms with Crippen molar-refractivity contribution in [3.8, 4) is 0 Å². The highest BCUT2D eigenvalue weighted by Crippen LogP contribution is 2.28. The molecule has 0 aliphatic rings. The van der Waals surface area contributed by atoms with Crippen LogP contribution < -0.4 is 5.32 Å². The highest BCUT2D eigenvalue weighted by molar-refractivity contribution is 9.10. The predicted molar refractivity (Wildman–Crippen MR) is 78.8 cm³/mol. The number of aryl methyl sites for hydroxylation is 3. The minimum atomic E-state index is 0.788. The number of hydrogen-bond donors (Lipinski definition) is 1. The van der Waals surface area contributed by atoms with Crippen molar-refractivity contribution in [1.82, 2.24) is 9.78 Å². The summed E-state index contributed by atoms with van der Waals surface area (Å²) in [6.45, 7) is 8.02. The van der Waals surface area contributed by atoms with Crippen molar-refractivity contribution in [2.75, 3.05) is 5.32 Å². The molecule has 0 aliphatic heterocycles. The van der Waals surface area contributed by atoms with Crippen LogP contribution in [0, 0.1) is 13.8 Å². The lowest BCUT2D eigenvalue weighted by Crippen LogP contribution is -2.08. The average molecular weight is 308 g/mol. The summed E-state index contributed by atoms with van der Waals surface area (Å²) in [7, 11) is 0. The fraction of sp³-hybridized carbons (Fsp3) is 0.357. The van der Waals surface area contributed by atoms with Crippen LogP contribution in [0.1, 0.15) is 23.7 Å². The van der Waals surface area contributed by atoms with Gasteiger partial charge in [-0.15, -0.1) is 0 Å². The van der Waals surface area contributed by atoms with E-state index < -0.39 is 0 Å². The second-order valence-electron chi connectivity index (χ2n) is 4.43. The predicted octanol–water partition coefficient (Wildman–Crippen LogP) is 3.89. The fourth-order valence-electron chi connectivity index (χ4n) is 2.11. The van der Waals surface area contributed by atoms with Gasteiger partial charge in [0, 0.05) is 17.2 Å². The molecule has 1 aromatic heterocycles. The highest BCUT2D eigenvalue weighted by Gasteiger charge is 2.06. The van der Waals surface area contributed by atoms with Gasteiger partial charge in [-0.25, -0.2) is 0 Å². The molecule has 0 fully saturated rings. The smallest absolute Gasteiger partial charge is 0.0575 e. The summed E-state index contributed by atoms with van der Waals surface area (Å²) in [6.07, 6.45) is 1.84. The zero-order chi connectivity index (χ0) is 13.1. The summed E-state index contributed by atoms with van der Waals surface area (Å²) in [6, 6.07) is 6.37. The zero-order valence-corrected chi connectivity index (χ0v) is 12.6. The number of benzene rings is 1. The topological polar surface area (TPSA) is 29.9 Å². The van der Waals surface area contributed by atoms with Crippen molar-refractivity contribution in [3.05, 3.63) is 45.7 Å². The minimum absolute atomic E-state index is 0.788. The van der Waals surface area contributed by atoms with Crippen molar-refractivity contribution >= 4 is 21.6 Å². The summed E-state index contributed by atoms with van der Waals surface area (Å²) in [5, 5.41) is 7.75. The molecule has 2 rings (SSSR count). The standard InChI is InChI=1S/C14H18BrN3/c1-4-18-12(5-6-17-18)9-16-14-11(3)7-10(2)8-13(14)15/h5-8,16H,4,9H2,1-3H3. The lowest BCUT2D eigenvalue weighted by atomic mass is 10.1. The van der Waals surface area contributed by atoms with E-state index in [9.17, 15) is 0 Å². The van der Waals surface area contributed by atoms with Gasteiger partial charge in [-0.1, -0.05) is 6.07 Å². The maximum absolute atomic E-state index is 4.27. The van der Waals surface area contributed by atoms with E-state index in [0.717, 1.165) is 23.2 Å². The van der Waals surface area contributed by atoms with E-state index in [4.69, 9.17) is 0 Å². The van der Waals surface area contributed by atoms with E-state index in [1.165, 1.54) is 16.8 Å². The summed E-state index contributed by atoms with van der Waals surface area (Å²) in [4.78, 5) is 0. The number of halogens is 1. The van der Waals surface area contributed by atoms with Gasteiger partial charge in [-0.2, -0.15) is 5.10 Å². The van der Waals surface area contributed by atoms with Gasteiger partial charge in [-0.3, -0.25) is 4.68 Å². The monoisotopic (exact) mass is 307 g/mol. The molecule has 1 aromatic carbocycles. The van der Waals surface area contributed by atoms with E-state index in [1.54, 1.807) is 0 Å². The van der Waals surface area contributed by atoms with Crippen molar-refractivity contribution in [2.24, 2.45) is 0 Å². The first-order valence-corrected chi connectivity index (χ1v) is 6.92. The summed E-state index contributed by atoms with van der Waals surface area (Å²) >= 11 is 3.61. The summed E-state index contributed by atoms with van der Waals surface area (Å²) in [5.74, 6) is 0. The van der Waals surface area contributed by atoms with Gasteiger partial charge in [0.05, 0.1) is 17.9 Å². The molecule has 0 saturated carbocycles. The Morgan fingerprint density at radius 2 is 2.11 bits per heavy atom. The third-order valence-electron chi connectivity index (χ3n) is 2.98. The van der Waals surface area contributed by atoms with Crippen molar-refractivity contribution < 1.29 is 0 Å². The van der Waals surface area contributed by atoms with E-state index >= 15 is 0 Å². The van der Waals surface area contributed by atoms with Crippen molar-refractivity contribution in [2.45, 2.75) is 33.9 Å². The van der Waals surface area contributed by atoms with Crippen LogP contribution in [0.3, 0.4) is 0 Å². The Morgan fingerprint density at radius 3 is 2.78 bits per heavy atom. The molecule has 0 spiro atoms. The SMILES string of the molecule is CCn1nccc1CNc1c(C)cc(C)cc1Br. The second kappa shape index (κ2) is 5.57. The number of aromatic nitrogens is 2. The zero-order valence-electron chi connectivity index (χ0n) is 11.0. The van der Waals surface area contributed by atoms with Crippen molar-refractivity contribution in [3.63, 3.8) is 0 Å². The number of anilines is 1. The Kier molecular flexibility index (Phi) is 4.07. The first kappa shape index (κ1) is 13.1. The van der Waals surface area contributed by atoms with Gasteiger partial charge in [0.1, 0.15) is 0 Å². The van der Waals surface area contributed by atoms with Crippen LogP contribution in [0.25, 0.3) is 0 Å². The number of hydrogen-bond acceptors (Lipinski definition) is 2. The lowest BCUT2D eigenvalue weighted by Gasteiger charge is -2.13. The van der Waals surface area contributed by atoms with Crippen LogP contribution >= 0.6 is 15.9 Å². The molecule has 1 heterocycles. The van der Waals surface area contributed by atoms with Gasteiger partial charge in [0.25, 0.3) is 0 Å². The second-order valence-corrected chi connectivity index (χ2v) is 5.28. The highest BCUT2D eigenvalue weighted by atomic mass is 79.9. The molecule has 0 unspecified atom stereocenters. The van der Waals surface area contributed by atoms with Crippen LogP contribution in [-0.4, -0.2) is 9.78 Å². The van der Waals surface area contributed by atoms with Gasteiger partial charge < -0.3 is 5.32 Å². The number of nitrogens with one attached hydrogen (secondary N) is 1. The molecule has 1 N–H and O–H groups in total. The third-order valence-corrected chi connectivity index (χ3v) is 3.61. The van der Waals surface area contributed by atoms with Crippen LogP contribution in [0.15, 0.2) is 28.9 Å². The van der Waals surface area contributed by atoms with Gasteiger partial charge in [-0.05, 0) is 60.0 Å². The molecule has 0 atom stereocenters. The Hall–Kier alpha value is -1.29. The Morgan fingerprint density at radius 1 is 1.33 bits per heavy atom. The van der Waals surface area contributed by atoms with E-state index in [1.807, 2.05) is 16.9 Å². The molecule has 0 bridgehead atoms. The normalized spacial score (nSPS) is 10.7. The Balaban J connectivity index is 2.16. The van der Waals surface area contributed by atoms with E-state index in [0.29, 0.717) is 0 Å². The molecule has 2 aromatic rings. The average Bonchev–Trinajstić information content (AvgIpc) is 2.75. The largest absolute Gasteiger partial charge is 0.378 e. The first-order chi connectivity index (χ1) is 8.61. The molecule has 0 saturated heterocycles. The molecular formula is C14H18BrN3.